The molecule has 1 fully saturated rings. The Bertz CT molecular complexity index is 2220. The molecule has 0 radical (unpaired) electrons. The largest absolute Gasteiger partial charge is 0.461 e. The maximum absolute atomic E-state index is 13.1. The average molecular weight is 587 g/mol. The SMILES string of the molecule is C=CC1CC(C=C)C(C(=O)OCc2ccc3c(c2)c2ccccc2n3-c2cccc(-n3c4ccccc4c4ccccc43)c2)C1. The number of nitrogens with zero attached hydrogens (tertiary/aromatic N) is 2. The minimum atomic E-state index is -0.155. The molecule has 220 valence electrons. The first kappa shape index (κ1) is 27.2. The molecular formula is C41H34N2O2. The highest BCUT2D eigenvalue weighted by atomic mass is 16.5. The Labute approximate surface area is 262 Å². The monoisotopic (exact) mass is 586 g/mol. The van der Waals surface area contributed by atoms with Gasteiger partial charge in [0.2, 0.25) is 0 Å². The fourth-order valence-corrected chi connectivity index (χ4v) is 7.46. The molecular weight excluding hydrogens is 552 g/mol. The van der Waals surface area contributed by atoms with Crippen molar-refractivity contribution in [2.75, 3.05) is 0 Å². The molecule has 2 aromatic heterocycles. The number of esters is 1. The number of hydrogen-bond acceptors (Lipinski definition) is 2. The van der Waals surface area contributed by atoms with Crippen molar-refractivity contribution in [3.05, 3.63) is 146 Å². The highest BCUT2D eigenvalue weighted by Crippen LogP contribution is 2.39. The normalized spacial score (nSPS) is 18.2. The Morgan fingerprint density at radius 2 is 1.20 bits per heavy atom. The molecule has 2 heterocycles. The van der Waals surface area contributed by atoms with Crippen LogP contribution in [0, 0.1) is 17.8 Å². The summed E-state index contributed by atoms with van der Waals surface area (Å²) in [6.07, 6.45) is 5.54. The highest BCUT2D eigenvalue weighted by molar-refractivity contribution is 6.10. The lowest BCUT2D eigenvalue weighted by molar-refractivity contribution is -0.150. The average Bonchev–Trinajstić information content (AvgIpc) is 3.77. The molecule has 3 unspecified atom stereocenters. The first-order chi connectivity index (χ1) is 22.1. The molecule has 45 heavy (non-hydrogen) atoms. The number of benzene rings is 5. The molecule has 8 rings (SSSR count). The van der Waals surface area contributed by atoms with Crippen molar-refractivity contribution in [2.45, 2.75) is 19.4 Å². The van der Waals surface area contributed by atoms with Crippen LogP contribution < -0.4 is 0 Å². The number of carbonyl (C=O) groups excluding carboxylic acids is 1. The van der Waals surface area contributed by atoms with Gasteiger partial charge in [0, 0.05) is 32.9 Å². The number of fused-ring (bicyclic) bond motifs is 6. The van der Waals surface area contributed by atoms with Gasteiger partial charge >= 0.3 is 5.97 Å². The Morgan fingerprint density at radius 3 is 1.78 bits per heavy atom. The number of rotatable bonds is 7. The van der Waals surface area contributed by atoms with Crippen LogP contribution >= 0.6 is 0 Å². The van der Waals surface area contributed by atoms with Crippen molar-refractivity contribution in [3.63, 3.8) is 0 Å². The number of aromatic nitrogens is 2. The summed E-state index contributed by atoms with van der Waals surface area (Å²) in [5.41, 5.74) is 7.81. The van der Waals surface area contributed by atoms with Crippen LogP contribution in [0.25, 0.3) is 55.0 Å². The molecule has 0 aliphatic heterocycles. The first-order valence-corrected chi connectivity index (χ1v) is 15.7. The number of para-hydroxylation sites is 3. The minimum absolute atomic E-state index is 0.138. The van der Waals surface area contributed by atoms with Gasteiger partial charge in [0.05, 0.1) is 28.0 Å². The topological polar surface area (TPSA) is 36.2 Å². The Morgan fingerprint density at radius 1 is 0.644 bits per heavy atom. The predicted octanol–water partition coefficient (Wildman–Crippen LogP) is 9.94. The summed E-state index contributed by atoms with van der Waals surface area (Å²) < 4.78 is 10.6. The number of ether oxygens (including phenoxy) is 1. The van der Waals surface area contributed by atoms with E-state index in [0.29, 0.717) is 5.92 Å². The van der Waals surface area contributed by atoms with Crippen LogP contribution in [0.1, 0.15) is 18.4 Å². The molecule has 0 bridgehead atoms. The first-order valence-electron chi connectivity index (χ1n) is 15.7. The second-order valence-electron chi connectivity index (χ2n) is 12.2. The number of allylic oxidation sites excluding steroid dienone is 2. The Hall–Kier alpha value is -5.35. The molecule has 1 aliphatic carbocycles. The van der Waals surface area contributed by atoms with Crippen molar-refractivity contribution >= 4 is 49.6 Å². The summed E-state index contributed by atoms with van der Waals surface area (Å²) >= 11 is 0. The molecule has 0 amide bonds. The molecule has 1 aliphatic rings. The molecule has 4 nitrogen and oxygen atoms in total. The van der Waals surface area contributed by atoms with Gasteiger partial charge in [0.25, 0.3) is 0 Å². The lowest BCUT2D eigenvalue weighted by Gasteiger charge is -2.15. The second kappa shape index (κ2) is 11.0. The zero-order valence-corrected chi connectivity index (χ0v) is 25.1. The van der Waals surface area contributed by atoms with Crippen LogP contribution in [0.3, 0.4) is 0 Å². The third kappa shape index (κ3) is 4.48. The van der Waals surface area contributed by atoms with E-state index in [1.165, 1.54) is 27.2 Å². The van der Waals surface area contributed by atoms with Gasteiger partial charge in [-0.05, 0) is 78.8 Å². The zero-order valence-electron chi connectivity index (χ0n) is 25.1. The van der Waals surface area contributed by atoms with Crippen LogP contribution in [0.15, 0.2) is 141 Å². The molecule has 0 spiro atoms. The third-order valence-corrected chi connectivity index (χ3v) is 9.63. The van der Waals surface area contributed by atoms with Gasteiger partial charge in [-0.1, -0.05) is 78.9 Å². The molecule has 7 aromatic rings. The van der Waals surface area contributed by atoms with Crippen LogP contribution in [0.4, 0.5) is 0 Å². The van der Waals surface area contributed by atoms with Gasteiger partial charge in [-0.15, -0.1) is 13.2 Å². The van der Waals surface area contributed by atoms with E-state index in [0.717, 1.165) is 46.2 Å². The van der Waals surface area contributed by atoms with E-state index >= 15 is 0 Å². The van der Waals surface area contributed by atoms with E-state index in [-0.39, 0.29) is 24.4 Å². The fraction of sp³-hybridized carbons (Fsp3) is 0.146. The highest BCUT2D eigenvalue weighted by Gasteiger charge is 2.36. The van der Waals surface area contributed by atoms with Crippen LogP contribution in [0.2, 0.25) is 0 Å². The van der Waals surface area contributed by atoms with E-state index in [1.807, 2.05) is 12.2 Å². The molecule has 0 N–H and O–H groups in total. The molecule has 4 heteroatoms. The van der Waals surface area contributed by atoms with Gasteiger partial charge in [0.15, 0.2) is 0 Å². The molecule has 1 saturated carbocycles. The van der Waals surface area contributed by atoms with Crippen molar-refractivity contribution in [1.29, 1.82) is 0 Å². The minimum Gasteiger partial charge on any atom is -0.461 e. The van der Waals surface area contributed by atoms with Crippen LogP contribution in [0.5, 0.6) is 0 Å². The lowest BCUT2D eigenvalue weighted by Crippen LogP contribution is -2.20. The standard InChI is InChI=1S/C41H34N2O2/c1-3-27-22-29(4-2)35(23-27)41(44)45-26-28-20-21-40-36(24-28)34-16-7-10-19-39(34)43(40)31-13-11-12-30(25-31)42-37-17-8-5-14-32(37)33-15-6-9-18-38(33)42/h3-21,24-25,27,29,35H,1-2,22-23,26H2. The second-order valence-corrected chi connectivity index (χ2v) is 12.2. The van der Waals surface area contributed by atoms with Crippen molar-refractivity contribution in [2.24, 2.45) is 17.8 Å². The third-order valence-electron chi connectivity index (χ3n) is 9.63. The Balaban J connectivity index is 1.18. The van der Waals surface area contributed by atoms with E-state index < -0.39 is 0 Å². The maximum Gasteiger partial charge on any atom is 0.309 e. The smallest absolute Gasteiger partial charge is 0.309 e. The van der Waals surface area contributed by atoms with Crippen LogP contribution in [-0.4, -0.2) is 15.1 Å². The molecule has 5 aromatic carbocycles. The summed E-state index contributed by atoms with van der Waals surface area (Å²) in [5, 5.41) is 4.80. The van der Waals surface area contributed by atoms with E-state index in [2.05, 4.69) is 138 Å². The quantitative estimate of drug-likeness (QED) is 0.138. The number of carbonyl (C=O) groups is 1. The van der Waals surface area contributed by atoms with Gasteiger partial charge in [-0.3, -0.25) is 4.79 Å². The summed E-state index contributed by atoms with van der Waals surface area (Å²) in [6.45, 7) is 8.13. The van der Waals surface area contributed by atoms with E-state index in [1.54, 1.807) is 0 Å². The Kier molecular flexibility index (Phi) is 6.64. The van der Waals surface area contributed by atoms with Crippen molar-refractivity contribution in [1.82, 2.24) is 9.13 Å². The predicted molar refractivity (Wildman–Crippen MR) is 185 cm³/mol. The van der Waals surface area contributed by atoms with E-state index in [4.69, 9.17) is 4.74 Å². The van der Waals surface area contributed by atoms with Gasteiger partial charge in [0.1, 0.15) is 6.61 Å². The zero-order chi connectivity index (χ0) is 30.5. The lowest BCUT2D eigenvalue weighted by atomic mass is 9.96. The fourth-order valence-electron chi connectivity index (χ4n) is 7.46. The number of hydrogen-bond donors (Lipinski definition) is 0. The molecule has 3 atom stereocenters. The van der Waals surface area contributed by atoms with Crippen molar-refractivity contribution < 1.29 is 9.53 Å². The summed E-state index contributed by atoms with van der Waals surface area (Å²) in [7, 11) is 0. The van der Waals surface area contributed by atoms with E-state index in [9.17, 15) is 4.79 Å². The summed E-state index contributed by atoms with van der Waals surface area (Å²) in [5.74, 6) is 0.173. The van der Waals surface area contributed by atoms with Gasteiger partial charge < -0.3 is 13.9 Å². The summed E-state index contributed by atoms with van der Waals surface area (Å²) in [6, 6.07) is 40.9. The maximum atomic E-state index is 13.1. The molecule has 0 saturated heterocycles. The van der Waals surface area contributed by atoms with Crippen LogP contribution in [-0.2, 0) is 16.1 Å². The van der Waals surface area contributed by atoms with Gasteiger partial charge in [-0.2, -0.15) is 0 Å². The summed E-state index contributed by atoms with van der Waals surface area (Å²) in [4.78, 5) is 13.1. The van der Waals surface area contributed by atoms with Gasteiger partial charge in [-0.25, -0.2) is 0 Å². The van der Waals surface area contributed by atoms with Crippen molar-refractivity contribution in [3.8, 4) is 11.4 Å².